The zero-order chi connectivity index (χ0) is 12.1. The van der Waals surface area contributed by atoms with Crippen LogP contribution < -0.4 is 5.32 Å². The van der Waals surface area contributed by atoms with Crippen LogP contribution in [0.15, 0.2) is 18.3 Å². The number of hydrogen-bond donors (Lipinski definition) is 1. The van der Waals surface area contributed by atoms with Crippen LogP contribution in [-0.2, 0) is 11.3 Å². The molecular formula is C13H19N3O. The molecule has 0 aliphatic carbocycles. The number of nitrogens with zero attached hydrogens (tertiary/aromatic N) is 2. The molecule has 1 aliphatic rings. The summed E-state index contributed by atoms with van der Waals surface area (Å²) in [5, 5.41) is 3.26. The largest absolute Gasteiger partial charge is 0.370 e. The van der Waals surface area contributed by atoms with Gasteiger partial charge in [-0.3, -0.25) is 4.79 Å². The smallest absolute Gasteiger partial charge is 0.222 e. The van der Waals surface area contributed by atoms with E-state index in [0.717, 1.165) is 37.3 Å². The van der Waals surface area contributed by atoms with Crippen molar-refractivity contribution in [2.45, 2.75) is 32.7 Å². The maximum atomic E-state index is 11.5. The van der Waals surface area contributed by atoms with E-state index in [1.54, 1.807) is 6.20 Å². The average Bonchev–Trinajstić information content (AvgIpc) is 2.73. The van der Waals surface area contributed by atoms with Crippen LogP contribution in [0.3, 0.4) is 0 Å². The fourth-order valence-electron chi connectivity index (χ4n) is 2.01. The zero-order valence-electron chi connectivity index (χ0n) is 10.3. The number of carbonyl (C=O) groups excluding carboxylic acids is 1. The van der Waals surface area contributed by atoms with Crippen molar-refractivity contribution in [3.05, 3.63) is 23.9 Å². The van der Waals surface area contributed by atoms with E-state index in [9.17, 15) is 4.79 Å². The first-order chi connectivity index (χ1) is 8.29. The monoisotopic (exact) mass is 233 g/mol. The molecule has 0 spiro atoms. The minimum Gasteiger partial charge on any atom is -0.370 e. The van der Waals surface area contributed by atoms with Gasteiger partial charge in [-0.25, -0.2) is 4.98 Å². The Hall–Kier alpha value is -1.58. The van der Waals surface area contributed by atoms with E-state index in [-0.39, 0.29) is 5.91 Å². The summed E-state index contributed by atoms with van der Waals surface area (Å²) in [6.45, 7) is 4.65. The van der Waals surface area contributed by atoms with E-state index in [0.29, 0.717) is 13.0 Å². The van der Waals surface area contributed by atoms with Gasteiger partial charge in [0.15, 0.2) is 0 Å². The van der Waals surface area contributed by atoms with Crippen molar-refractivity contribution in [1.29, 1.82) is 0 Å². The molecule has 1 aromatic rings. The SMILES string of the molecule is CCCNc1cc(CN2CCCC2=O)ccn1. The molecule has 4 heteroatoms. The van der Waals surface area contributed by atoms with Crippen LogP contribution in [0.5, 0.6) is 0 Å². The molecule has 1 fully saturated rings. The van der Waals surface area contributed by atoms with Gasteiger partial charge in [0.2, 0.25) is 5.91 Å². The van der Waals surface area contributed by atoms with Gasteiger partial charge in [-0.15, -0.1) is 0 Å². The number of aromatic nitrogens is 1. The molecule has 1 saturated heterocycles. The Balaban J connectivity index is 1.98. The summed E-state index contributed by atoms with van der Waals surface area (Å²) in [5.41, 5.74) is 1.15. The number of carbonyl (C=O) groups is 1. The topological polar surface area (TPSA) is 45.2 Å². The number of anilines is 1. The Bertz CT molecular complexity index is 392. The fraction of sp³-hybridized carbons (Fsp3) is 0.538. The molecule has 2 heterocycles. The molecule has 92 valence electrons. The Morgan fingerprint density at radius 1 is 1.53 bits per heavy atom. The summed E-state index contributed by atoms with van der Waals surface area (Å²) < 4.78 is 0. The van der Waals surface area contributed by atoms with Gasteiger partial charge in [0, 0.05) is 32.3 Å². The van der Waals surface area contributed by atoms with Crippen molar-refractivity contribution in [3.63, 3.8) is 0 Å². The number of pyridine rings is 1. The lowest BCUT2D eigenvalue weighted by Gasteiger charge is -2.15. The van der Waals surface area contributed by atoms with Crippen molar-refractivity contribution in [1.82, 2.24) is 9.88 Å². The number of likely N-dealkylation sites (tertiary alicyclic amines) is 1. The van der Waals surface area contributed by atoms with Gasteiger partial charge in [-0.05, 0) is 30.5 Å². The molecule has 0 radical (unpaired) electrons. The van der Waals surface area contributed by atoms with Gasteiger partial charge in [0.05, 0.1) is 0 Å². The minimum atomic E-state index is 0.268. The van der Waals surface area contributed by atoms with E-state index in [2.05, 4.69) is 17.2 Å². The maximum absolute atomic E-state index is 11.5. The fourth-order valence-corrected chi connectivity index (χ4v) is 2.01. The molecule has 0 bridgehead atoms. The van der Waals surface area contributed by atoms with E-state index >= 15 is 0 Å². The number of amides is 1. The molecule has 2 rings (SSSR count). The number of hydrogen-bond acceptors (Lipinski definition) is 3. The molecule has 0 saturated carbocycles. The van der Waals surface area contributed by atoms with Gasteiger partial charge in [-0.1, -0.05) is 6.92 Å². The summed E-state index contributed by atoms with van der Waals surface area (Å²) in [4.78, 5) is 17.7. The predicted octanol–water partition coefficient (Wildman–Crippen LogP) is 2.03. The third-order valence-electron chi connectivity index (χ3n) is 2.93. The highest BCUT2D eigenvalue weighted by Gasteiger charge is 2.19. The normalized spacial score (nSPS) is 15.4. The van der Waals surface area contributed by atoms with Crippen LogP contribution in [0.25, 0.3) is 0 Å². The average molecular weight is 233 g/mol. The molecule has 1 N–H and O–H groups in total. The summed E-state index contributed by atoms with van der Waals surface area (Å²) in [5.74, 6) is 1.17. The van der Waals surface area contributed by atoms with Gasteiger partial charge in [0.1, 0.15) is 5.82 Å². The maximum Gasteiger partial charge on any atom is 0.222 e. The molecular weight excluding hydrogens is 214 g/mol. The van der Waals surface area contributed by atoms with Crippen molar-refractivity contribution < 1.29 is 4.79 Å². The van der Waals surface area contributed by atoms with Crippen molar-refractivity contribution in [2.24, 2.45) is 0 Å². The molecule has 1 amide bonds. The zero-order valence-corrected chi connectivity index (χ0v) is 10.3. The van der Waals surface area contributed by atoms with Crippen LogP contribution in [0, 0.1) is 0 Å². The minimum absolute atomic E-state index is 0.268. The highest BCUT2D eigenvalue weighted by Crippen LogP contribution is 2.15. The second kappa shape index (κ2) is 5.66. The highest BCUT2D eigenvalue weighted by atomic mass is 16.2. The quantitative estimate of drug-likeness (QED) is 0.846. The van der Waals surface area contributed by atoms with Gasteiger partial charge >= 0.3 is 0 Å². The Labute approximate surface area is 102 Å². The third kappa shape index (κ3) is 3.19. The molecule has 1 aromatic heterocycles. The highest BCUT2D eigenvalue weighted by molar-refractivity contribution is 5.78. The van der Waals surface area contributed by atoms with Crippen LogP contribution in [0.2, 0.25) is 0 Å². The van der Waals surface area contributed by atoms with E-state index < -0.39 is 0 Å². The van der Waals surface area contributed by atoms with E-state index in [1.807, 2.05) is 17.0 Å². The van der Waals surface area contributed by atoms with Crippen molar-refractivity contribution in [3.8, 4) is 0 Å². The van der Waals surface area contributed by atoms with Crippen LogP contribution in [0.4, 0.5) is 5.82 Å². The van der Waals surface area contributed by atoms with Gasteiger partial charge < -0.3 is 10.2 Å². The van der Waals surface area contributed by atoms with Crippen LogP contribution in [0.1, 0.15) is 31.7 Å². The molecule has 0 unspecified atom stereocenters. The molecule has 0 aromatic carbocycles. The summed E-state index contributed by atoms with van der Waals surface area (Å²) >= 11 is 0. The van der Waals surface area contributed by atoms with Gasteiger partial charge in [-0.2, -0.15) is 0 Å². The summed E-state index contributed by atoms with van der Waals surface area (Å²) in [6.07, 6.45) is 4.57. The predicted molar refractivity (Wildman–Crippen MR) is 67.7 cm³/mol. The lowest BCUT2D eigenvalue weighted by atomic mass is 10.2. The molecule has 4 nitrogen and oxygen atoms in total. The number of nitrogens with one attached hydrogen (secondary N) is 1. The first kappa shape index (κ1) is 11.9. The lowest BCUT2D eigenvalue weighted by molar-refractivity contribution is -0.128. The molecule has 1 aliphatic heterocycles. The van der Waals surface area contributed by atoms with E-state index in [1.165, 1.54) is 0 Å². The molecule has 17 heavy (non-hydrogen) atoms. The number of rotatable bonds is 5. The Morgan fingerprint density at radius 3 is 3.12 bits per heavy atom. The standard InChI is InChI=1S/C13H19N3O/c1-2-6-14-12-9-11(5-7-15-12)10-16-8-3-4-13(16)17/h5,7,9H,2-4,6,8,10H2,1H3,(H,14,15). The third-order valence-corrected chi connectivity index (χ3v) is 2.93. The molecule has 0 atom stereocenters. The second-order valence-corrected chi connectivity index (χ2v) is 4.39. The summed E-state index contributed by atoms with van der Waals surface area (Å²) in [6, 6.07) is 4.00. The first-order valence-corrected chi connectivity index (χ1v) is 6.26. The van der Waals surface area contributed by atoms with Gasteiger partial charge in [0.25, 0.3) is 0 Å². The van der Waals surface area contributed by atoms with E-state index in [4.69, 9.17) is 0 Å². The van der Waals surface area contributed by atoms with Crippen molar-refractivity contribution in [2.75, 3.05) is 18.4 Å². The van der Waals surface area contributed by atoms with Crippen LogP contribution >= 0.6 is 0 Å². The summed E-state index contributed by atoms with van der Waals surface area (Å²) in [7, 11) is 0. The van der Waals surface area contributed by atoms with Crippen molar-refractivity contribution >= 4 is 11.7 Å². The first-order valence-electron chi connectivity index (χ1n) is 6.26. The Morgan fingerprint density at radius 2 is 2.41 bits per heavy atom. The van der Waals surface area contributed by atoms with Crippen LogP contribution in [-0.4, -0.2) is 28.9 Å². The Kier molecular flexibility index (Phi) is 3.96. The second-order valence-electron chi connectivity index (χ2n) is 4.39. The lowest BCUT2D eigenvalue weighted by Crippen LogP contribution is -2.23.